The van der Waals surface area contributed by atoms with E-state index in [0.717, 1.165) is 36.4 Å². The van der Waals surface area contributed by atoms with Crippen molar-refractivity contribution in [3.63, 3.8) is 0 Å². The first-order chi connectivity index (χ1) is 11.5. The van der Waals surface area contributed by atoms with Gasteiger partial charge in [-0.05, 0) is 42.2 Å². The summed E-state index contributed by atoms with van der Waals surface area (Å²) in [5, 5.41) is 4.21. The fourth-order valence-electron chi connectivity index (χ4n) is 2.79. The van der Waals surface area contributed by atoms with Crippen molar-refractivity contribution < 1.29 is 14.4 Å². The van der Waals surface area contributed by atoms with Crippen LogP contribution in [0.2, 0.25) is 0 Å². The fourth-order valence-corrected chi connectivity index (χ4v) is 2.79. The Morgan fingerprint density at radius 3 is 2.67 bits per heavy atom. The third kappa shape index (κ3) is 4.98. The highest BCUT2D eigenvalue weighted by molar-refractivity contribution is 6.01. The van der Waals surface area contributed by atoms with Crippen LogP contribution < -0.4 is 4.74 Å². The minimum Gasteiger partial charge on any atom is -0.497 e. The molecule has 1 heterocycles. The van der Waals surface area contributed by atoms with E-state index in [1.54, 1.807) is 7.11 Å². The molecule has 1 aromatic rings. The fraction of sp³-hybridized carbons (Fsp3) is 0.579. The maximum atomic E-state index is 12.4. The molecule has 0 radical (unpaired) electrons. The van der Waals surface area contributed by atoms with Crippen LogP contribution in [0.25, 0.3) is 0 Å². The van der Waals surface area contributed by atoms with Crippen LogP contribution in [0.15, 0.2) is 29.4 Å². The van der Waals surface area contributed by atoms with Gasteiger partial charge >= 0.3 is 0 Å². The van der Waals surface area contributed by atoms with Crippen LogP contribution in [0.5, 0.6) is 5.75 Å². The molecule has 0 saturated carbocycles. The number of hydrogen-bond donors (Lipinski definition) is 0. The summed E-state index contributed by atoms with van der Waals surface area (Å²) in [4.78, 5) is 19.9. The van der Waals surface area contributed by atoms with Gasteiger partial charge in [-0.25, -0.2) is 0 Å². The average molecular weight is 332 g/mol. The van der Waals surface area contributed by atoms with E-state index in [4.69, 9.17) is 9.57 Å². The Labute approximate surface area is 144 Å². The molecule has 0 spiro atoms. The molecule has 1 amide bonds. The number of amides is 1. The summed E-state index contributed by atoms with van der Waals surface area (Å²) in [5.74, 6) is 1.39. The second kappa shape index (κ2) is 8.71. The van der Waals surface area contributed by atoms with Crippen molar-refractivity contribution in [1.29, 1.82) is 0 Å². The third-order valence-corrected chi connectivity index (χ3v) is 4.01. The third-order valence-electron chi connectivity index (χ3n) is 4.01. The number of oxime groups is 1. The first-order valence-corrected chi connectivity index (χ1v) is 8.68. The summed E-state index contributed by atoms with van der Waals surface area (Å²) in [6, 6.07) is 7.80. The number of hydrogen-bond acceptors (Lipinski definition) is 4. The second-order valence-electron chi connectivity index (χ2n) is 6.64. The van der Waals surface area contributed by atoms with Gasteiger partial charge in [0.05, 0.1) is 19.4 Å². The van der Waals surface area contributed by atoms with Crippen LogP contribution in [0.4, 0.5) is 0 Å². The molecule has 24 heavy (non-hydrogen) atoms. The predicted octanol–water partition coefficient (Wildman–Crippen LogP) is 3.47. The maximum Gasteiger partial charge on any atom is 0.222 e. The van der Waals surface area contributed by atoms with Crippen molar-refractivity contribution in [2.75, 3.05) is 20.2 Å². The number of benzene rings is 1. The van der Waals surface area contributed by atoms with Crippen molar-refractivity contribution in [2.45, 2.75) is 46.1 Å². The molecule has 0 saturated heterocycles. The molecule has 1 aliphatic heterocycles. The molecule has 0 unspecified atom stereocenters. The molecule has 5 heteroatoms. The molecule has 0 N–H and O–H groups in total. The van der Waals surface area contributed by atoms with Crippen molar-refractivity contribution in [3.8, 4) is 5.75 Å². The Hall–Kier alpha value is -2.04. The molecular formula is C19H28N2O3. The first kappa shape index (κ1) is 18.3. The molecule has 1 aromatic carbocycles. The molecule has 0 bridgehead atoms. The van der Waals surface area contributed by atoms with Gasteiger partial charge in [0.2, 0.25) is 5.91 Å². The normalized spacial score (nSPS) is 16.7. The number of rotatable bonds is 8. The van der Waals surface area contributed by atoms with Gasteiger partial charge < -0.3 is 14.5 Å². The van der Waals surface area contributed by atoms with Crippen molar-refractivity contribution in [2.24, 2.45) is 11.1 Å². The van der Waals surface area contributed by atoms with Crippen molar-refractivity contribution >= 4 is 11.6 Å². The lowest BCUT2D eigenvalue weighted by molar-refractivity contribution is -0.133. The molecule has 0 fully saturated rings. The Kier molecular flexibility index (Phi) is 6.64. The van der Waals surface area contributed by atoms with Gasteiger partial charge in [-0.1, -0.05) is 25.9 Å². The summed E-state index contributed by atoms with van der Waals surface area (Å²) in [6.45, 7) is 7.59. The Balaban J connectivity index is 1.93. The molecule has 5 nitrogen and oxygen atoms in total. The van der Waals surface area contributed by atoms with Crippen LogP contribution in [0, 0.1) is 5.92 Å². The molecule has 132 valence electrons. The lowest BCUT2D eigenvalue weighted by Gasteiger charge is -2.25. The SMILES string of the molecule is CCCN(C[C@@H]1CC(c2ccc(OC)cc2)=NO1)C(=O)CC(C)C. The van der Waals surface area contributed by atoms with Gasteiger partial charge in [0, 0.05) is 19.4 Å². The predicted molar refractivity (Wildman–Crippen MR) is 95.3 cm³/mol. The van der Waals surface area contributed by atoms with E-state index in [0.29, 0.717) is 18.9 Å². The van der Waals surface area contributed by atoms with Crippen LogP contribution in [-0.2, 0) is 9.63 Å². The van der Waals surface area contributed by atoms with Gasteiger partial charge in [-0.3, -0.25) is 4.79 Å². The number of ether oxygens (including phenoxy) is 1. The number of nitrogens with zero attached hydrogens (tertiary/aromatic N) is 2. The Morgan fingerprint density at radius 1 is 1.38 bits per heavy atom. The largest absolute Gasteiger partial charge is 0.497 e. The molecule has 1 aliphatic rings. The zero-order chi connectivity index (χ0) is 17.5. The minimum atomic E-state index is -0.0650. The van der Waals surface area contributed by atoms with Gasteiger partial charge in [-0.15, -0.1) is 0 Å². The Bertz CT molecular complexity index is 566. The van der Waals surface area contributed by atoms with E-state index in [1.807, 2.05) is 29.2 Å². The summed E-state index contributed by atoms with van der Waals surface area (Å²) >= 11 is 0. The standard InChI is InChI=1S/C19H28N2O3/c1-5-10-21(19(22)11-14(2)3)13-17-12-18(20-24-17)15-6-8-16(23-4)9-7-15/h6-9,14,17H,5,10-13H2,1-4H3/t17-/m0/s1. The van der Waals surface area contributed by atoms with E-state index < -0.39 is 0 Å². The van der Waals surface area contributed by atoms with E-state index in [-0.39, 0.29) is 12.0 Å². The van der Waals surface area contributed by atoms with Crippen LogP contribution >= 0.6 is 0 Å². The van der Waals surface area contributed by atoms with Gasteiger partial charge in [0.15, 0.2) is 6.10 Å². The highest BCUT2D eigenvalue weighted by Gasteiger charge is 2.26. The number of carbonyl (C=O) groups is 1. The molecule has 0 aromatic heterocycles. The van der Waals surface area contributed by atoms with E-state index in [9.17, 15) is 4.79 Å². The van der Waals surface area contributed by atoms with Crippen LogP contribution in [0.3, 0.4) is 0 Å². The minimum absolute atomic E-state index is 0.0650. The van der Waals surface area contributed by atoms with Crippen molar-refractivity contribution in [3.05, 3.63) is 29.8 Å². The quantitative estimate of drug-likeness (QED) is 0.732. The van der Waals surface area contributed by atoms with Crippen LogP contribution in [-0.4, -0.2) is 42.8 Å². The van der Waals surface area contributed by atoms with E-state index >= 15 is 0 Å². The molecule has 1 atom stereocenters. The number of methoxy groups -OCH3 is 1. The monoisotopic (exact) mass is 332 g/mol. The smallest absolute Gasteiger partial charge is 0.222 e. The van der Waals surface area contributed by atoms with E-state index in [1.165, 1.54) is 0 Å². The summed E-state index contributed by atoms with van der Waals surface area (Å²) in [5.41, 5.74) is 1.96. The van der Waals surface area contributed by atoms with Gasteiger partial charge in [0.25, 0.3) is 0 Å². The zero-order valence-corrected chi connectivity index (χ0v) is 15.1. The zero-order valence-electron chi connectivity index (χ0n) is 15.1. The van der Waals surface area contributed by atoms with E-state index in [2.05, 4.69) is 25.9 Å². The van der Waals surface area contributed by atoms with Crippen molar-refractivity contribution in [1.82, 2.24) is 4.90 Å². The average Bonchev–Trinajstić information content (AvgIpc) is 3.02. The topological polar surface area (TPSA) is 51.1 Å². The van der Waals surface area contributed by atoms with Gasteiger partial charge in [0.1, 0.15) is 5.75 Å². The summed E-state index contributed by atoms with van der Waals surface area (Å²) in [7, 11) is 1.65. The first-order valence-electron chi connectivity index (χ1n) is 8.68. The molecular weight excluding hydrogens is 304 g/mol. The second-order valence-corrected chi connectivity index (χ2v) is 6.64. The number of carbonyl (C=O) groups excluding carboxylic acids is 1. The lowest BCUT2D eigenvalue weighted by Crippen LogP contribution is -2.38. The lowest BCUT2D eigenvalue weighted by atomic mass is 10.0. The van der Waals surface area contributed by atoms with Gasteiger partial charge in [-0.2, -0.15) is 0 Å². The Morgan fingerprint density at radius 2 is 2.08 bits per heavy atom. The molecule has 0 aliphatic carbocycles. The van der Waals surface area contributed by atoms with Crippen LogP contribution in [0.1, 0.15) is 45.6 Å². The highest BCUT2D eigenvalue weighted by atomic mass is 16.6. The summed E-state index contributed by atoms with van der Waals surface area (Å²) in [6.07, 6.45) is 2.19. The summed E-state index contributed by atoms with van der Waals surface area (Å²) < 4.78 is 5.18. The maximum absolute atomic E-state index is 12.4. The molecule has 2 rings (SSSR count). The highest BCUT2D eigenvalue weighted by Crippen LogP contribution is 2.20.